The van der Waals surface area contributed by atoms with E-state index in [9.17, 15) is 0 Å². The van der Waals surface area contributed by atoms with Gasteiger partial charge in [-0.15, -0.1) is 0 Å². The lowest BCUT2D eigenvalue weighted by Gasteiger charge is -2.13. The lowest BCUT2D eigenvalue weighted by molar-refractivity contribution is 0.489. The zero-order valence-corrected chi connectivity index (χ0v) is 9.80. The second kappa shape index (κ2) is 6.94. The first kappa shape index (κ1) is 12.5. The largest absolute Gasteiger partial charge is 0.0877 e. The second-order valence-corrected chi connectivity index (χ2v) is 4.31. The van der Waals surface area contributed by atoms with Crippen molar-refractivity contribution in [3.8, 4) is 0 Å². The molecule has 1 unspecified atom stereocenters. The smallest absolute Gasteiger partial charge is 0.0231 e. The monoisotopic (exact) mass is 180 g/mol. The third-order valence-electron chi connectivity index (χ3n) is 2.51. The molecule has 0 heterocycles. The SMILES string of the molecule is C/C=C\C=C(/C)C(C)CCC(C)C. The molecule has 0 amide bonds. The molecular formula is C13H24. The highest BCUT2D eigenvalue weighted by Crippen LogP contribution is 2.18. The first-order valence-corrected chi connectivity index (χ1v) is 5.37. The van der Waals surface area contributed by atoms with E-state index in [0.29, 0.717) is 0 Å². The van der Waals surface area contributed by atoms with Crippen molar-refractivity contribution in [3.05, 3.63) is 23.8 Å². The van der Waals surface area contributed by atoms with Crippen LogP contribution in [0.25, 0.3) is 0 Å². The van der Waals surface area contributed by atoms with Gasteiger partial charge in [0.25, 0.3) is 0 Å². The molecule has 0 aliphatic rings. The predicted octanol–water partition coefficient (Wildman–Crippen LogP) is 4.58. The van der Waals surface area contributed by atoms with Crippen LogP contribution < -0.4 is 0 Å². The Morgan fingerprint density at radius 1 is 1.15 bits per heavy atom. The Hall–Kier alpha value is -0.520. The molecule has 0 aromatic heterocycles. The fourth-order valence-electron chi connectivity index (χ4n) is 1.22. The van der Waals surface area contributed by atoms with Gasteiger partial charge in [0, 0.05) is 0 Å². The van der Waals surface area contributed by atoms with Crippen LogP contribution in [0.15, 0.2) is 23.8 Å². The number of allylic oxidation sites excluding steroid dienone is 4. The highest BCUT2D eigenvalue weighted by molar-refractivity contribution is 5.11. The minimum Gasteiger partial charge on any atom is -0.0877 e. The highest BCUT2D eigenvalue weighted by Gasteiger charge is 2.04. The summed E-state index contributed by atoms with van der Waals surface area (Å²) in [5.41, 5.74) is 1.50. The third kappa shape index (κ3) is 6.62. The van der Waals surface area contributed by atoms with Crippen LogP contribution in [0.5, 0.6) is 0 Å². The Morgan fingerprint density at radius 3 is 2.23 bits per heavy atom. The van der Waals surface area contributed by atoms with Crippen LogP contribution in [0.3, 0.4) is 0 Å². The number of hydrogen-bond acceptors (Lipinski definition) is 0. The van der Waals surface area contributed by atoms with Gasteiger partial charge in [0.15, 0.2) is 0 Å². The van der Waals surface area contributed by atoms with E-state index in [4.69, 9.17) is 0 Å². The molecular weight excluding hydrogens is 156 g/mol. The summed E-state index contributed by atoms with van der Waals surface area (Å²) in [6.07, 6.45) is 9.09. The van der Waals surface area contributed by atoms with Gasteiger partial charge in [-0.05, 0) is 32.1 Å². The molecule has 0 fully saturated rings. The quantitative estimate of drug-likeness (QED) is 0.543. The van der Waals surface area contributed by atoms with Crippen molar-refractivity contribution in [3.63, 3.8) is 0 Å². The second-order valence-electron chi connectivity index (χ2n) is 4.31. The van der Waals surface area contributed by atoms with Crippen LogP contribution in [-0.2, 0) is 0 Å². The van der Waals surface area contributed by atoms with Crippen LogP contribution in [0, 0.1) is 11.8 Å². The van der Waals surface area contributed by atoms with Crippen LogP contribution in [0.1, 0.15) is 47.5 Å². The van der Waals surface area contributed by atoms with E-state index >= 15 is 0 Å². The fourth-order valence-corrected chi connectivity index (χ4v) is 1.22. The van der Waals surface area contributed by atoms with Gasteiger partial charge >= 0.3 is 0 Å². The molecule has 0 spiro atoms. The molecule has 0 aliphatic heterocycles. The summed E-state index contributed by atoms with van der Waals surface area (Å²) in [4.78, 5) is 0. The maximum Gasteiger partial charge on any atom is -0.0231 e. The summed E-state index contributed by atoms with van der Waals surface area (Å²) >= 11 is 0. The van der Waals surface area contributed by atoms with Gasteiger partial charge in [-0.2, -0.15) is 0 Å². The molecule has 0 radical (unpaired) electrons. The van der Waals surface area contributed by atoms with Crippen LogP contribution in [0.4, 0.5) is 0 Å². The summed E-state index contributed by atoms with van der Waals surface area (Å²) in [6.45, 7) is 11.2. The Kier molecular flexibility index (Phi) is 6.66. The molecule has 1 atom stereocenters. The Morgan fingerprint density at radius 2 is 1.77 bits per heavy atom. The van der Waals surface area contributed by atoms with Crippen molar-refractivity contribution in [1.82, 2.24) is 0 Å². The molecule has 0 nitrogen and oxygen atoms in total. The Balaban J connectivity index is 3.88. The Bertz CT molecular complexity index is 172. The van der Waals surface area contributed by atoms with Gasteiger partial charge in [-0.25, -0.2) is 0 Å². The first-order chi connectivity index (χ1) is 6.07. The average Bonchev–Trinajstić information content (AvgIpc) is 2.10. The summed E-state index contributed by atoms with van der Waals surface area (Å²) in [7, 11) is 0. The summed E-state index contributed by atoms with van der Waals surface area (Å²) in [5, 5.41) is 0. The maximum atomic E-state index is 2.32. The van der Waals surface area contributed by atoms with E-state index in [2.05, 4.69) is 52.8 Å². The summed E-state index contributed by atoms with van der Waals surface area (Å²) in [5.74, 6) is 1.57. The molecule has 0 heteroatoms. The van der Waals surface area contributed by atoms with Gasteiger partial charge in [-0.1, -0.05) is 51.0 Å². The lowest BCUT2D eigenvalue weighted by atomic mass is 9.93. The molecule has 76 valence electrons. The minimum atomic E-state index is 0.735. The molecule has 0 N–H and O–H groups in total. The number of hydrogen-bond donors (Lipinski definition) is 0. The predicted molar refractivity (Wildman–Crippen MR) is 61.8 cm³/mol. The first-order valence-electron chi connectivity index (χ1n) is 5.37. The van der Waals surface area contributed by atoms with Gasteiger partial charge in [-0.3, -0.25) is 0 Å². The minimum absolute atomic E-state index is 0.735. The van der Waals surface area contributed by atoms with Crippen molar-refractivity contribution in [2.24, 2.45) is 11.8 Å². The normalized spacial score (nSPS) is 15.7. The molecule has 13 heavy (non-hydrogen) atoms. The Labute approximate surface area is 83.7 Å². The molecule has 0 aromatic rings. The van der Waals surface area contributed by atoms with Crippen molar-refractivity contribution >= 4 is 0 Å². The van der Waals surface area contributed by atoms with E-state index in [1.165, 1.54) is 18.4 Å². The van der Waals surface area contributed by atoms with E-state index in [1.807, 2.05) is 0 Å². The van der Waals surface area contributed by atoms with Gasteiger partial charge in [0.1, 0.15) is 0 Å². The molecule has 0 saturated heterocycles. The van der Waals surface area contributed by atoms with Crippen molar-refractivity contribution in [1.29, 1.82) is 0 Å². The zero-order chi connectivity index (χ0) is 10.3. The molecule has 0 rings (SSSR count). The third-order valence-corrected chi connectivity index (χ3v) is 2.51. The van der Waals surface area contributed by atoms with E-state index in [-0.39, 0.29) is 0 Å². The highest BCUT2D eigenvalue weighted by atomic mass is 14.1. The fraction of sp³-hybridized carbons (Fsp3) is 0.692. The van der Waals surface area contributed by atoms with E-state index < -0.39 is 0 Å². The van der Waals surface area contributed by atoms with Crippen LogP contribution in [0.2, 0.25) is 0 Å². The molecule has 0 aromatic carbocycles. The zero-order valence-electron chi connectivity index (χ0n) is 9.80. The van der Waals surface area contributed by atoms with Crippen LogP contribution >= 0.6 is 0 Å². The van der Waals surface area contributed by atoms with Crippen molar-refractivity contribution in [2.75, 3.05) is 0 Å². The average molecular weight is 180 g/mol. The summed E-state index contributed by atoms with van der Waals surface area (Å²) < 4.78 is 0. The molecule has 0 aliphatic carbocycles. The van der Waals surface area contributed by atoms with Crippen molar-refractivity contribution in [2.45, 2.75) is 47.5 Å². The van der Waals surface area contributed by atoms with Crippen LogP contribution in [-0.4, -0.2) is 0 Å². The van der Waals surface area contributed by atoms with Gasteiger partial charge < -0.3 is 0 Å². The van der Waals surface area contributed by atoms with Gasteiger partial charge in [0.05, 0.1) is 0 Å². The molecule has 0 saturated carbocycles. The maximum absolute atomic E-state index is 2.32. The topological polar surface area (TPSA) is 0 Å². The van der Waals surface area contributed by atoms with Gasteiger partial charge in [0.2, 0.25) is 0 Å². The standard InChI is InChI=1S/C13H24/c1-6-7-8-12(4)13(5)10-9-11(2)3/h6-8,11,13H,9-10H2,1-5H3/b7-6-,12-8+. The summed E-state index contributed by atoms with van der Waals surface area (Å²) in [6, 6.07) is 0. The molecule has 0 bridgehead atoms. The number of rotatable bonds is 5. The van der Waals surface area contributed by atoms with Crippen molar-refractivity contribution < 1.29 is 0 Å². The van der Waals surface area contributed by atoms with E-state index in [1.54, 1.807) is 0 Å². The lowest BCUT2D eigenvalue weighted by Crippen LogP contribution is -1.99. The van der Waals surface area contributed by atoms with E-state index in [0.717, 1.165) is 11.8 Å².